The van der Waals surface area contributed by atoms with Crippen molar-refractivity contribution < 1.29 is 14.6 Å². The maximum atomic E-state index is 10.4. The first kappa shape index (κ1) is 6.12. The average Bonchev–Trinajstić information content (AvgIpc) is 2.44. The van der Waals surface area contributed by atoms with Crippen LogP contribution in [0.25, 0.3) is 0 Å². The number of morpholine rings is 1. The molecule has 0 unspecified atom stereocenters. The molecule has 0 aliphatic carbocycles. The van der Waals surface area contributed by atoms with E-state index < -0.39 is 12.0 Å². The quantitative estimate of drug-likeness (QED) is 0.504. The van der Waals surface area contributed by atoms with Gasteiger partial charge in [-0.25, -0.2) is 0 Å². The van der Waals surface area contributed by atoms with Crippen LogP contribution >= 0.6 is 0 Å². The lowest BCUT2D eigenvalue weighted by Crippen LogP contribution is -2.46. The smallest absolute Gasteiger partial charge is 0.323 e. The van der Waals surface area contributed by atoms with E-state index in [-0.39, 0.29) is 12.1 Å². The molecule has 2 rings (SSSR count). The van der Waals surface area contributed by atoms with E-state index in [1.165, 1.54) is 0 Å². The van der Waals surface area contributed by atoms with Gasteiger partial charge < -0.3 is 9.84 Å². The van der Waals surface area contributed by atoms with Crippen molar-refractivity contribution in [2.75, 3.05) is 6.61 Å². The Bertz CT molecular complexity index is 170. The van der Waals surface area contributed by atoms with Gasteiger partial charge in [-0.1, -0.05) is 0 Å². The molecule has 0 spiro atoms. The Morgan fingerprint density at radius 2 is 2.50 bits per heavy atom. The van der Waals surface area contributed by atoms with Gasteiger partial charge >= 0.3 is 5.97 Å². The van der Waals surface area contributed by atoms with Crippen LogP contribution in [0.5, 0.6) is 0 Å². The number of aliphatic carboxylic acids is 1. The molecule has 0 aromatic rings. The molecule has 2 aliphatic rings. The largest absolute Gasteiger partial charge is 0.480 e. The van der Waals surface area contributed by atoms with E-state index in [0.29, 0.717) is 6.61 Å². The predicted octanol–water partition coefficient (Wildman–Crippen LogP) is -0.800. The van der Waals surface area contributed by atoms with Crippen molar-refractivity contribution in [3.05, 3.63) is 0 Å². The SMILES string of the molecule is O=C(O)[C@H]1N[C@H]2CO[C@H]1C2. The molecule has 2 bridgehead atoms. The minimum Gasteiger partial charge on any atom is -0.480 e. The topological polar surface area (TPSA) is 58.6 Å². The van der Waals surface area contributed by atoms with E-state index >= 15 is 0 Å². The lowest BCUT2D eigenvalue weighted by Gasteiger charge is -2.18. The van der Waals surface area contributed by atoms with Gasteiger partial charge in [0.05, 0.1) is 12.7 Å². The van der Waals surface area contributed by atoms with Crippen molar-refractivity contribution in [2.45, 2.75) is 24.6 Å². The summed E-state index contributed by atoms with van der Waals surface area (Å²) < 4.78 is 5.18. The first-order valence-electron chi connectivity index (χ1n) is 3.38. The minimum absolute atomic E-state index is 0.0810. The van der Waals surface area contributed by atoms with Gasteiger partial charge in [0.1, 0.15) is 6.04 Å². The highest BCUT2D eigenvalue weighted by Crippen LogP contribution is 2.24. The Balaban J connectivity index is 2.08. The molecular formula is C6H9NO3. The van der Waals surface area contributed by atoms with E-state index in [4.69, 9.17) is 9.84 Å². The molecule has 2 fully saturated rings. The van der Waals surface area contributed by atoms with Gasteiger partial charge in [0.2, 0.25) is 0 Å². The van der Waals surface area contributed by atoms with Crippen LogP contribution in [0.1, 0.15) is 6.42 Å². The summed E-state index contributed by atoms with van der Waals surface area (Å²) in [6.07, 6.45) is 0.777. The summed E-state index contributed by atoms with van der Waals surface area (Å²) in [5.41, 5.74) is 0. The summed E-state index contributed by atoms with van der Waals surface area (Å²) in [4.78, 5) is 10.4. The molecule has 2 aliphatic heterocycles. The number of hydrogen-bond donors (Lipinski definition) is 2. The molecule has 0 aromatic carbocycles. The highest BCUT2D eigenvalue weighted by molar-refractivity contribution is 5.75. The number of ether oxygens (including phenoxy) is 1. The number of fused-ring (bicyclic) bond motifs is 2. The third kappa shape index (κ3) is 0.726. The zero-order valence-electron chi connectivity index (χ0n) is 5.41. The van der Waals surface area contributed by atoms with Crippen molar-refractivity contribution in [3.8, 4) is 0 Å². The van der Waals surface area contributed by atoms with Gasteiger partial charge in [-0.2, -0.15) is 0 Å². The summed E-state index contributed by atoms with van der Waals surface area (Å²) >= 11 is 0. The Kier molecular flexibility index (Phi) is 1.18. The summed E-state index contributed by atoms with van der Waals surface area (Å²) in [6, 6.07) is -0.176. The number of rotatable bonds is 1. The molecule has 4 nitrogen and oxygen atoms in total. The van der Waals surface area contributed by atoms with Gasteiger partial charge in [0.25, 0.3) is 0 Å². The summed E-state index contributed by atoms with van der Waals surface area (Å²) in [5.74, 6) is -0.799. The maximum Gasteiger partial charge on any atom is 0.323 e. The molecule has 0 amide bonds. The monoisotopic (exact) mass is 143 g/mol. The zero-order chi connectivity index (χ0) is 7.14. The normalized spacial score (nSPS) is 44.2. The molecule has 0 saturated carbocycles. The van der Waals surface area contributed by atoms with Crippen molar-refractivity contribution >= 4 is 5.97 Å². The van der Waals surface area contributed by atoms with Gasteiger partial charge in [-0.15, -0.1) is 0 Å². The lowest BCUT2D eigenvalue weighted by atomic mass is 10.2. The van der Waals surface area contributed by atoms with Crippen LogP contribution < -0.4 is 5.32 Å². The van der Waals surface area contributed by atoms with E-state index in [0.717, 1.165) is 6.42 Å². The van der Waals surface area contributed by atoms with E-state index in [1.807, 2.05) is 0 Å². The Morgan fingerprint density at radius 1 is 1.70 bits per heavy atom. The molecule has 56 valence electrons. The summed E-state index contributed by atoms with van der Waals surface area (Å²) in [6.45, 7) is 0.675. The van der Waals surface area contributed by atoms with Crippen LogP contribution in [-0.2, 0) is 9.53 Å². The fourth-order valence-electron chi connectivity index (χ4n) is 1.60. The number of carbonyl (C=O) groups is 1. The molecule has 10 heavy (non-hydrogen) atoms. The second-order valence-electron chi connectivity index (χ2n) is 2.79. The van der Waals surface area contributed by atoms with E-state index in [1.54, 1.807) is 0 Å². The Hall–Kier alpha value is -0.610. The zero-order valence-corrected chi connectivity index (χ0v) is 5.41. The third-order valence-electron chi connectivity index (χ3n) is 2.08. The first-order valence-corrected chi connectivity index (χ1v) is 3.38. The second-order valence-corrected chi connectivity index (χ2v) is 2.79. The second kappa shape index (κ2) is 1.93. The molecule has 2 saturated heterocycles. The van der Waals surface area contributed by atoms with Crippen molar-refractivity contribution in [1.29, 1.82) is 0 Å². The predicted molar refractivity (Wildman–Crippen MR) is 32.7 cm³/mol. The van der Waals surface area contributed by atoms with Crippen LogP contribution in [0.4, 0.5) is 0 Å². The molecule has 0 radical (unpaired) electrons. The first-order chi connectivity index (χ1) is 4.77. The van der Waals surface area contributed by atoms with Crippen LogP contribution in [0.15, 0.2) is 0 Å². The van der Waals surface area contributed by atoms with Crippen molar-refractivity contribution in [2.24, 2.45) is 0 Å². The average molecular weight is 143 g/mol. The number of hydrogen-bond acceptors (Lipinski definition) is 3. The molecular weight excluding hydrogens is 134 g/mol. The van der Waals surface area contributed by atoms with Gasteiger partial charge in [0, 0.05) is 6.04 Å². The van der Waals surface area contributed by atoms with Gasteiger partial charge in [0.15, 0.2) is 0 Å². The molecule has 2 heterocycles. The molecule has 3 atom stereocenters. The summed E-state index contributed by atoms with van der Waals surface area (Å²) in [5, 5.41) is 11.6. The Morgan fingerprint density at radius 3 is 2.80 bits per heavy atom. The standard InChI is InChI=1S/C6H9NO3/c8-6(9)5-4-1-3(7-5)2-10-4/h3-5,7H,1-2H2,(H,8,9)/t3-,4+,5+/m1/s1. The Labute approximate surface area is 58.2 Å². The maximum absolute atomic E-state index is 10.4. The highest BCUT2D eigenvalue weighted by Gasteiger charge is 2.44. The molecule has 4 heteroatoms. The van der Waals surface area contributed by atoms with Crippen molar-refractivity contribution in [3.63, 3.8) is 0 Å². The van der Waals surface area contributed by atoms with E-state index in [2.05, 4.69) is 5.32 Å². The van der Waals surface area contributed by atoms with Gasteiger partial charge in [-0.05, 0) is 6.42 Å². The number of carboxylic acids is 1. The minimum atomic E-state index is -0.799. The molecule has 0 aromatic heterocycles. The van der Waals surface area contributed by atoms with Crippen LogP contribution in [-0.4, -0.2) is 35.9 Å². The number of nitrogens with one attached hydrogen (secondary N) is 1. The highest BCUT2D eigenvalue weighted by atomic mass is 16.5. The van der Waals surface area contributed by atoms with Crippen LogP contribution in [0.3, 0.4) is 0 Å². The van der Waals surface area contributed by atoms with E-state index in [9.17, 15) is 4.79 Å². The van der Waals surface area contributed by atoms with Crippen LogP contribution in [0.2, 0.25) is 0 Å². The lowest BCUT2D eigenvalue weighted by molar-refractivity contribution is -0.143. The number of carboxylic acid groups (broad SMARTS) is 1. The fourth-order valence-corrected chi connectivity index (χ4v) is 1.60. The van der Waals surface area contributed by atoms with Gasteiger partial charge in [-0.3, -0.25) is 10.1 Å². The summed E-state index contributed by atoms with van der Waals surface area (Å²) in [7, 11) is 0. The van der Waals surface area contributed by atoms with Crippen LogP contribution in [0, 0.1) is 0 Å². The third-order valence-corrected chi connectivity index (χ3v) is 2.08. The van der Waals surface area contributed by atoms with Crippen molar-refractivity contribution in [1.82, 2.24) is 5.32 Å². The fraction of sp³-hybridized carbons (Fsp3) is 0.833. The molecule has 2 N–H and O–H groups in total.